The Morgan fingerprint density at radius 1 is 1.47 bits per heavy atom. The van der Waals surface area contributed by atoms with E-state index in [1.54, 1.807) is 11.3 Å². The topological polar surface area (TPSA) is 49.3 Å². The summed E-state index contributed by atoms with van der Waals surface area (Å²) in [5.74, 6) is 0.0644. The highest BCUT2D eigenvalue weighted by atomic mass is 32.1. The van der Waals surface area contributed by atoms with E-state index in [0.717, 1.165) is 6.42 Å². The van der Waals surface area contributed by atoms with E-state index in [0.29, 0.717) is 19.4 Å². The first-order chi connectivity index (χ1) is 7.22. The van der Waals surface area contributed by atoms with Gasteiger partial charge in [0.05, 0.1) is 6.54 Å². The number of carbonyl (C=O) groups is 1. The Morgan fingerprint density at radius 2 is 2.27 bits per heavy atom. The van der Waals surface area contributed by atoms with Crippen LogP contribution in [-0.2, 0) is 11.3 Å². The molecule has 0 aliphatic heterocycles. The van der Waals surface area contributed by atoms with E-state index < -0.39 is 0 Å². The second kappa shape index (κ2) is 6.58. The maximum absolute atomic E-state index is 11.3. The molecule has 2 N–H and O–H groups in total. The number of nitrogens with one attached hydrogen (secondary N) is 1. The summed E-state index contributed by atoms with van der Waals surface area (Å²) in [6.45, 7) is 2.84. The highest BCUT2D eigenvalue weighted by molar-refractivity contribution is 7.11. The van der Waals surface area contributed by atoms with Crippen LogP contribution in [0.2, 0.25) is 0 Å². The van der Waals surface area contributed by atoms with Gasteiger partial charge in [-0.25, -0.2) is 0 Å². The van der Waals surface area contributed by atoms with Crippen LogP contribution in [0.25, 0.3) is 0 Å². The summed E-state index contributed by atoms with van der Waals surface area (Å²) in [6.07, 6.45) is 1.96. The summed E-state index contributed by atoms with van der Waals surface area (Å²) >= 11 is 1.70. The maximum Gasteiger partial charge on any atom is 0.220 e. The molecule has 0 bridgehead atoms. The third-order valence-electron chi connectivity index (χ3n) is 2.07. The van der Waals surface area contributed by atoms with Gasteiger partial charge in [0.2, 0.25) is 5.91 Å². The van der Waals surface area contributed by atoms with E-state index in [1.807, 2.05) is 6.07 Å². The van der Waals surface area contributed by atoms with Crippen molar-refractivity contribution in [1.82, 2.24) is 5.32 Å². The number of thiophene rings is 1. The molecule has 1 aromatic heterocycles. The molecule has 1 heterocycles. The smallest absolute Gasteiger partial charge is 0.220 e. The van der Waals surface area contributed by atoms with Gasteiger partial charge in [-0.05, 0) is 31.9 Å². The normalized spacial score (nSPS) is 10.3. The summed E-state index contributed by atoms with van der Waals surface area (Å²) < 4.78 is 0. The molecule has 0 aromatic carbocycles. The van der Waals surface area contributed by atoms with Crippen molar-refractivity contribution in [3.8, 4) is 0 Å². The average molecular weight is 227 g/mol. The third-order valence-corrected chi connectivity index (χ3v) is 3.07. The fraction of sp³-hybridized carbons (Fsp3) is 0.545. The molecule has 0 saturated heterocycles. The lowest BCUT2D eigenvalue weighted by Crippen LogP contribution is -2.21. The van der Waals surface area contributed by atoms with Crippen LogP contribution in [-0.4, -0.2) is 17.6 Å². The Labute approximate surface area is 94.1 Å². The first-order valence-corrected chi connectivity index (χ1v) is 5.97. The van der Waals surface area contributed by atoms with E-state index in [1.165, 1.54) is 9.75 Å². The zero-order valence-corrected chi connectivity index (χ0v) is 9.77. The van der Waals surface area contributed by atoms with Gasteiger partial charge in [0, 0.05) is 22.8 Å². The van der Waals surface area contributed by atoms with Gasteiger partial charge in [-0.15, -0.1) is 11.3 Å². The minimum absolute atomic E-state index is 0.0644. The molecule has 0 aliphatic carbocycles. The van der Waals surface area contributed by atoms with E-state index in [9.17, 15) is 4.79 Å². The van der Waals surface area contributed by atoms with Crippen LogP contribution < -0.4 is 5.32 Å². The number of hydrogen-bond donors (Lipinski definition) is 2. The lowest BCUT2D eigenvalue weighted by molar-refractivity contribution is -0.121. The predicted molar refractivity (Wildman–Crippen MR) is 61.8 cm³/mol. The predicted octanol–water partition coefficient (Wildman–Crippen LogP) is 1.84. The summed E-state index contributed by atoms with van der Waals surface area (Å²) in [5.41, 5.74) is 0. The van der Waals surface area contributed by atoms with Crippen molar-refractivity contribution in [2.45, 2.75) is 32.7 Å². The minimum atomic E-state index is 0.0644. The van der Waals surface area contributed by atoms with Gasteiger partial charge in [-0.2, -0.15) is 0 Å². The molecule has 1 aromatic rings. The third kappa shape index (κ3) is 4.95. The molecule has 1 rings (SSSR count). The molecule has 0 aliphatic rings. The molecule has 1 amide bonds. The first-order valence-electron chi connectivity index (χ1n) is 5.15. The lowest BCUT2D eigenvalue weighted by Gasteiger charge is -2.02. The van der Waals surface area contributed by atoms with Crippen molar-refractivity contribution >= 4 is 17.2 Å². The van der Waals surface area contributed by atoms with Crippen molar-refractivity contribution in [2.75, 3.05) is 6.61 Å². The Bertz CT molecular complexity index is 309. The number of aliphatic hydroxyl groups excluding tert-OH is 1. The van der Waals surface area contributed by atoms with Gasteiger partial charge in [-0.1, -0.05) is 0 Å². The number of aliphatic hydroxyl groups is 1. The quantitative estimate of drug-likeness (QED) is 0.728. The van der Waals surface area contributed by atoms with Crippen LogP contribution >= 0.6 is 11.3 Å². The van der Waals surface area contributed by atoms with Crippen LogP contribution in [0.1, 0.15) is 29.0 Å². The molecule has 0 fully saturated rings. The molecule has 84 valence electrons. The van der Waals surface area contributed by atoms with Gasteiger partial charge in [0.25, 0.3) is 0 Å². The summed E-state index contributed by atoms with van der Waals surface area (Å²) in [6, 6.07) is 4.09. The minimum Gasteiger partial charge on any atom is -0.396 e. The fourth-order valence-electron chi connectivity index (χ4n) is 1.25. The van der Waals surface area contributed by atoms with E-state index in [4.69, 9.17) is 5.11 Å². The molecule has 0 radical (unpaired) electrons. The van der Waals surface area contributed by atoms with Crippen LogP contribution in [0.3, 0.4) is 0 Å². The second-order valence-corrected chi connectivity index (χ2v) is 4.84. The Morgan fingerprint density at radius 3 is 2.87 bits per heavy atom. The van der Waals surface area contributed by atoms with Gasteiger partial charge in [-0.3, -0.25) is 4.79 Å². The van der Waals surface area contributed by atoms with Crippen LogP contribution in [0.15, 0.2) is 12.1 Å². The van der Waals surface area contributed by atoms with Gasteiger partial charge < -0.3 is 10.4 Å². The van der Waals surface area contributed by atoms with Gasteiger partial charge >= 0.3 is 0 Å². The molecule has 3 nitrogen and oxygen atoms in total. The number of hydrogen-bond acceptors (Lipinski definition) is 3. The molecule has 0 spiro atoms. The van der Waals surface area contributed by atoms with Crippen molar-refractivity contribution < 1.29 is 9.90 Å². The monoisotopic (exact) mass is 227 g/mol. The zero-order valence-electron chi connectivity index (χ0n) is 8.95. The van der Waals surface area contributed by atoms with Crippen molar-refractivity contribution in [3.05, 3.63) is 21.9 Å². The van der Waals surface area contributed by atoms with Crippen molar-refractivity contribution in [2.24, 2.45) is 0 Å². The molecule has 0 unspecified atom stereocenters. The average Bonchev–Trinajstić information content (AvgIpc) is 2.62. The summed E-state index contributed by atoms with van der Waals surface area (Å²) in [5, 5.41) is 11.4. The Hall–Kier alpha value is -0.870. The number of amides is 1. The highest BCUT2D eigenvalue weighted by Crippen LogP contribution is 2.14. The molecular formula is C11H17NO2S. The standard InChI is InChI=1S/C11H17NO2S/c1-9-5-6-10(15-9)8-12-11(14)4-2-3-7-13/h5-6,13H,2-4,7-8H2,1H3,(H,12,14). The maximum atomic E-state index is 11.3. The SMILES string of the molecule is Cc1ccc(CNC(=O)CCCCO)s1. The first kappa shape index (κ1) is 12.2. The van der Waals surface area contributed by atoms with Crippen molar-refractivity contribution in [3.63, 3.8) is 0 Å². The van der Waals surface area contributed by atoms with Crippen LogP contribution in [0.4, 0.5) is 0 Å². The lowest BCUT2D eigenvalue weighted by atomic mass is 10.2. The Balaban J connectivity index is 2.16. The molecular weight excluding hydrogens is 210 g/mol. The van der Waals surface area contributed by atoms with Gasteiger partial charge in [0.15, 0.2) is 0 Å². The van der Waals surface area contributed by atoms with Crippen molar-refractivity contribution in [1.29, 1.82) is 0 Å². The molecule has 0 atom stereocenters. The molecule has 15 heavy (non-hydrogen) atoms. The van der Waals surface area contributed by atoms with Crippen LogP contribution in [0.5, 0.6) is 0 Å². The molecule has 0 saturated carbocycles. The largest absolute Gasteiger partial charge is 0.396 e. The zero-order chi connectivity index (χ0) is 11.1. The number of carbonyl (C=O) groups excluding carboxylic acids is 1. The van der Waals surface area contributed by atoms with E-state index in [2.05, 4.69) is 18.3 Å². The molecule has 4 heteroatoms. The second-order valence-electron chi connectivity index (χ2n) is 3.47. The van der Waals surface area contributed by atoms with E-state index in [-0.39, 0.29) is 12.5 Å². The van der Waals surface area contributed by atoms with Gasteiger partial charge in [0.1, 0.15) is 0 Å². The summed E-state index contributed by atoms with van der Waals surface area (Å²) in [7, 11) is 0. The number of unbranched alkanes of at least 4 members (excludes halogenated alkanes) is 1. The van der Waals surface area contributed by atoms with E-state index >= 15 is 0 Å². The summed E-state index contributed by atoms with van der Waals surface area (Å²) in [4.78, 5) is 13.8. The Kier molecular flexibility index (Phi) is 5.36. The van der Waals surface area contributed by atoms with Crippen LogP contribution in [0, 0.1) is 6.92 Å². The fourth-order valence-corrected chi connectivity index (χ4v) is 2.08. The number of rotatable bonds is 6. The highest BCUT2D eigenvalue weighted by Gasteiger charge is 2.01. The number of aryl methyl sites for hydroxylation is 1.